The van der Waals surface area contributed by atoms with Crippen LogP contribution in [0, 0.1) is 6.92 Å². The number of fused-ring (bicyclic) bond motifs is 2. The molecule has 1 aromatic heterocycles. The number of aromatic nitrogens is 1. The summed E-state index contributed by atoms with van der Waals surface area (Å²) in [5, 5.41) is 8.05. The number of nitrogens with zero attached hydrogens (tertiary/aromatic N) is 1. The molecule has 5 aromatic rings. The van der Waals surface area contributed by atoms with Crippen LogP contribution in [0.4, 0.5) is 5.13 Å². The number of carbonyl (C=O) groups is 1. The smallest absolute Gasteiger partial charge is 0.247 e. The fraction of sp³-hybridized carbons (Fsp3) is 0.161. The molecule has 1 heterocycles. The van der Waals surface area contributed by atoms with Crippen LogP contribution in [0.2, 0.25) is 0 Å². The molecule has 1 atom stereocenters. The van der Waals surface area contributed by atoms with Gasteiger partial charge in [0, 0.05) is 22.8 Å². The molecule has 0 saturated carbocycles. The fourth-order valence-electron chi connectivity index (χ4n) is 6.31. The van der Waals surface area contributed by atoms with E-state index in [1.54, 1.807) is 0 Å². The average molecular weight is 488 g/mol. The maximum Gasteiger partial charge on any atom is 0.247 e. The Morgan fingerprint density at radius 2 is 1.50 bits per heavy atom. The molecule has 36 heavy (non-hydrogen) atoms. The van der Waals surface area contributed by atoms with Crippen molar-refractivity contribution in [3.05, 3.63) is 118 Å². The lowest BCUT2D eigenvalue weighted by Crippen LogP contribution is -2.60. The van der Waals surface area contributed by atoms with Gasteiger partial charge < -0.3 is 11.1 Å². The topological polar surface area (TPSA) is 68.0 Å². The molecule has 4 aromatic carbocycles. The third kappa shape index (κ3) is 3.03. The highest BCUT2D eigenvalue weighted by Gasteiger charge is 2.54. The minimum absolute atomic E-state index is 0.115. The van der Waals surface area contributed by atoms with E-state index < -0.39 is 5.54 Å². The first-order valence-electron chi connectivity index (χ1n) is 12.3. The number of hydrogen-bond acceptors (Lipinski definition) is 4. The third-order valence-electron chi connectivity index (χ3n) is 7.99. The maximum absolute atomic E-state index is 13.8. The number of anilines is 1. The minimum Gasteiger partial charge on any atom is -0.317 e. The second kappa shape index (κ2) is 7.85. The monoisotopic (exact) mass is 487 g/mol. The summed E-state index contributed by atoms with van der Waals surface area (Å²) in [5.41, 5.74) is 14.1. The van der Waals surface area contributed by atoms with Crippen molar-refractivity contribution in [2.45, 2.75) is 30.7 Å². The molecule has 0 fully saturated rings. The van der Waals surface area contributed by atoms with Crippen molar-refractivity contribution in [3.63, 3.8) is 0 Å². The van der Waals surface area contributed by atoms with Gasteiger partial charge in [0.15, 0.2) is 5.13 Å². The van der Waals surface area contributed by atoms with Crippen LogP contribution < -0.4 is 11.1 Å². The summed E-state index contributed by atoms with van der Waals surface area (Å²) in [5.74, 6) is -0.240. The highest BCUT2D eigenvalue weighted by molar-refractivity contribution is 7.14. The molecule has 3 N–H and O–H groups in total. The Bertz CT molecular complexity index is 1620. The van der Waals surface area contributed by atoms with Crippen LogP contribution in [0.3, 0.4) is 0 Å². The van der Waals surface area contributed by atoms with Crippen molar-refractivity contribution >= 4 is 33.1 Å². The molecule has 0 radical (unpaired) electrons. The number of aryl methyl sites for hydroxylation is 1. The van der Waals surface area contributed by atoms with E-state index in [4.69, 9.17) is 10.7 Å². The summed E-state index contributed by atoms with van der Waals surface area (Å²) in [6.45, 7) is 2.12. The zero-order valence-electron chi connectivity index (χ0n) is 19.9. The highest BCUT2D eigenvalue weighted by atomic mass is 32.1. The molecule has 0 aliphatic heterocycles. The number of benzene rings is 4. The molecular formula is C31H25N3OS. The molecular weight excluding hydrogens is 462 g/mol. The predicted molar refractivity (Wildman–Crippen MR) is 147 cm³/mol. The third-order valence-corrected chi connectivity index (χ3v) is 8.75. The van der Waals surface area contributed by atoms with Crippen LogP contribution in [0.25, 0.3) is 22.0 Å². The van der Waals surface area contributed by atoms with Gasteiger partial charge in [0.05, 0.1) is 5.69 Å². The Morgan fingerprint density at radius 3 is 2.19 bits per heavy atom. The average Bonchev–Trinajstić information content (AvgIpc) is 3.37. The zero-order valence-corrected chi connectivity index (χ0v) is 20.7. The van der Waals surface area contributed by atoms with Gasteiger partial charge >= 0.3 is 0 Å². The van der Waals surface area contributed by atoms with Gasteiger partial charge in [-0.05, 0) is 51.9 Å². The van der Waals surface area contributed by atoms with E-state index in [1.165, 1.54) is 33.4 Å². The summed E-state index contributed by atoms with van der Waals surface area (Å²) in [7, 11) is 0. The molecule has 0 saturated heterocycles. The van der Waals surface area contributed by atoms with E-state index in [0.717, 1.165) is 27.8 Å². The van der Waals surface area contributed by atoms with Gasteiger partial charge in [-0.15, -0.1) is 11.3 Å². The van der Waals surface area contributed by atoms with E-state index in [9.17, 15) is 4.79 Å². The van der Waals surface area contributed by atoms with Crippen LogP contribution in [-0.4, -0.2) is 16.4 Å². The van der Waals surface area contributed by atoms with Crippen LogP contribution in [-0.2, 0) is 4.79 Å². The van der Waals surface area contributed by atoms with Crippen LogP contribution in [0.1, 0.15) is 46.1 Å². The summed E-state index contributed by atoms with van der Waals surface area (Å²) >= 11 is 1.44. The first kappa shape index (κ1) is 21.5. The van der Waals surface area contributed by atoms with Crippen molar-refractivity contribution in [1.82, 2.24) is 4.98 Å². The summed E-state index contributed by atoms with van der Waals surface area (Å²) in [6.07, 6.45) is 0.582. The molecule has 8 rings (SSSR count). The largest absolute Gasteiger partial charge is 0.317 e. The Morgan fingerprint density at radius 1 is 0.889 bits per heavy atom. The highest BCUT2D eigenvalue weighted by Crippen LogP contribution is 2.56. The number of nitrogens with one attached hydrogen (secondary N) is 1. The van der Waals surface area contributed by atoms with Gasteiger partial charge in [0.25, 0.3) is 0 Å². The van der Waals surface area contributed by atoms with Gasteiger partial charge in [0.2, 0.25) is 5.91 Å². The number of carbonyl (C=O) groups excluding carboxylic acids is 1. The van der Waals surface area contributed by atoms with Gasteiger partial charge in [-0.2, -0.15) is 0 Å². The van der Waals surface area contributed by atoms with Crippen LogP contribution in [0.5, 0.6) is 0 Å². The Hall–Kier alpha value is -3.80. The lowest BCUT2D eigenvalue weighted by Gasteiger charge is -2.50. The fourth-order valence-corrected chi connectivity index (χ4v) is 7.02. The summed E-state index contributed by atoms with van der Waals surface area (Å²) in [6, 6.07) is 29.4. The van der Waals surface area contributed by atoms with Gasteiger partial charge in [-0.1, -0.05) is 84.9 Å². The van der Waals surface area contributed by atoms with Crippen molar-refractivity contribution in [1.29, 1.82) is 0 Å². The molecule has 3 aliphatic rings. The van der Waals surface area contributed by atoms with Gasteiger partial charge in [0.1, 0.15) is 5.54 Å². The van der Waals surface area contributed by atoms with E-state index in [0.29, 0.717) is 11.6 Å². The second-order valence-corrected chi connectivity index (χ2v) is 10.8. The SMILES string of the molecule is Cc1ccc(-c2csc(NC(=O)C3(N)CC4c5ccccc5C3c3ccccc34)n2)c2ccccc12. The lowest BCUT2D eigenvalue weighted by atomic mass is 9.55. The Balaban J connectivity index is 1.24. The molecule has 176 valence electrons. The standard InChI is InChI=1S/C31H25N3OS/c1-18-14-15-23(20-9-3-2-8-19(18)20)27-17-36-30(33-27)34-29(35)31(32)16-26-21-10-4-6-12-24(21)28(31)25-13-7-5-11-22(25)26/h2-15,17,26,28H,16,32H2,1H3,(H,33,34,35). The summed E-state index contributed by atoms with van der Waals surface area (Å²) in [4.78, 5) is 18.6. The molecule has 4 nitrogen and oxygen atoms in total. The second-order valence-electron chi connectivity index (χ2n) is 9.96. The van der Waals surface area contributed by atoms with E-state index in [-0.39, 0.29) is 17.7 Å². The van der Waals surface area contributed by atoms with Crippen molar-refractivity contribution in [2.24, 2.45) is 5.73 Å². The predicted octanol–water partition coefficient (Wildman–Crippen LogP) is 6.59. The number of nitrogens with two attached hydrogens (primary N) is 1. The molecule has 1 unspecified atom stereocenters. The first-order chi connectivity index (χ1) is 17.5. The normalized spacial score (nSPS) is 21.7. The van der Waals surface area contributed by atoms with Gasteiger partial charge in [-0.3, -0.25) is 4.79 Å². The summed E-state index contributed by atoms with van der Waals surface area (Å²) < 4.78 is 0. The molecule has 3 aliphatic carbocycles. The van der Waals surface area contributed by atoms with E-state index in [1.807, 2.05) is 23.6 Å². The number of rotatable bonds is 3. The molecule has 5 heteroatoms. The van der Waals surface area contributed by atoms with Crippen LogP contribution in [0.15, 0.2) is 90.3 Å². The number of hydrogen-bond donors (Lipinski definition) is 2. The zero-order chi connectivity index (χ0) is 24.4. The lowest BCUT2D eigenvalue weighted by molar-refractivity contribution is -0.122. The van der Waals surface area contributed by atoms with Gasteiger partial charge in [-0.25, -0.2) is 4.98 Å². The van der Waals surface area contributed by atoms with E-state index in [2.05, 4.69) is 79.0 Å². The van der Waals surface area contributed by atoms with E-state index >= 15 is 0 Å². The molecule has 1 amide bonds. The Labute approximate surface area is 213 Å². The van der Waals surface area contributed by atoms with Crippen molar-refractivity contribution in [3.8, 4) is 11.3 Å². The Kier molecular flexibility index (Phi) is 4.69. The minimum atomic E-state index is -1.05. The number of amides is 1. The number of thiazole rings is 1. The first-order valence-corrected chi connectivity index (χ1v) is 13.1. The maximum atomic E-state index is 13.8. The quantitative estimate of drug-likeness (QED) is 0.302. The molecule has 0 spiro atoms. The molecule has 2 bridgehead atoms. The van der Waals surface area contributed by atoms with Crippen LogP contribution >= 0.6 is 11.3 Å². The van der Waals surface area contributed by atoms with Crippen molar-refractivity contribution < 1.29 is 4.79 Å². The van der Waals surface area contributed by atoms with Crippen molar-refractivity contribution in [2.75, 3.05) is 5.32 Å².